The number of hydrogen-bond acceptors (Lipinski definition) is 4. The minimum Gasteiger partial charge on any atom is -0.475 e. The molecule has 1 aromatic carbocycles. The van der Waals surface area contributed by atoms with Crippen LogP contribution in [0.3, 0.4) is 0 Å². The molecule has 0 radical (unpaired) electrons. The molecule has 0 unspecified atom stereocenters. The number of hydrogen-bond donors (Lipinski definition) is 0. The smallest absolute Gasteiger partial charge is 0.262 e. The molecular weight excluding hydrogens is 336 g/mol. The molecule has 146 valence electrons. The molecule has 1 saturated carbocycles. The second-order valence-electron chi connectivity index (χ2n) is 8.34. The fourth-order valence-corrected chi connectivity index (χ4v) is 4.42. The van der Waals surface area contributed by atoms with Crippen LogP contribution in [0.15, 0.2) is 35.0 Å². The first kappa shape index (κ1) is 18.4. The van der Waals surface area contributed by atoms with Crippen molar-refractivity contribution >= 4 is 11.0 Å². The standard InChI is InChI=1S/C23H32N2O2/c1-18-7-8-22-21(17-18)23(24-27-22)26-16-12-20-10-14-25(15-11-20)13-9-19-5-3-2-4-6-19/h7-9,13,17,19-20H,2-6,10-12,14-16H2,1H3/b13-9+. The van der Waals surface area contributed by atoms with Gasteiger partial charge in [-0.15, -0.1) is 0 Å². The summed E-state index contributed by atoms with van der Waals surface area (Å²) >= 11 is 0. The maximum atomic E-state index is 5.94. The van der Waals surface area contributed by atoms with Gasteiger partial charge in [0.2, 0.25) is 0 Å². The second-order valence-corrected chi connectivity index (χ2v) is 8.34. The van der Waals surface area contributed by atoms with E-state index in [2.05, 4.69) is 35.3 Å². The molecule has 1 aliphatic carbocycles. The highest BCUT2D eigenvalue weighted by Gasteiger charge is 2.18. The molecule has 2 heterocycles. The van der Waals surface area contributed by atoms with E-state index in [1.165, 1.54) is 63.6 Å². The summed E-state index contributed by atoms with van der Waals surface area (Å²) in [5.74, 6) is 2.22. The molecule has 0 bridgehead atoms. The number of ether oxygens (including phenoxy) is 1. The van der Waals surface area contributed by atoms with E-state index in [0.717, 1.165) is 35.8 Å². The monoisotopic (exact) mass is 368 g/mol. The number of likely N-dealkylation sites (tertiary alicyclic amines) is 1. The van der Waals surface area contributed by atoms with Crippen LogP contribution in [0.4, 0.5) is 0 Å². The van der Waals surface area contributed by atoms with Crippen LogP contribution in [0.5, 0.6) is 5.88 Å². The maximum Gasteiger partial charge on any atom is 0.262 e. The van der Waals surface area contributed by atoms with Gasteiger partial charge in [0.1, 0.15) is 0 Å². The van der Waals surface area contributed by atoms with Crippen molar-refractivity contribution < 1.29 is 9.26 Å². The molecule has 0 N–H and O–H groups in total. The number of fused-ring (bicyclic) bond motifs is 1. The van der Waals surface area contributed by atoms with Crippen LogP contribution >= 0.6 is 0 Å². The number of benzene rings is 1. The van der Waals surface area contributed by atoms with Crippen molar-refractivity contribution in [1.82, 2.24) is 10.1 Å². The number of aromatic nitrogens is 1. The molecule has 2 aromatic rings. The predicted molar refractivity (Wildman–Crippen MR) is 109 cm³/mol. The van der Waals surface area contributed by atoms with Crippen molar-refractivity contribution in [2.75, 3.05) is 19.7 Å². The quantitative estimate of drug-likeness (QED) is 0.654. The van der Waals surface area contributed by atoms with Crippen molar-refractivity contribution in [3.05, 3.63) is 36.0 Å². The van der Waals surface area contributed by atoms with E-state index >= 15 is 0 Å². The minimum absolute atomic E-state index is 0.640. The van der Waals surface area contributed by atoms with Gasteiger partial charge >= 0.3 is 0 Å². The number of nitrogens with zero attached hydrogens (tertiary/aromatic N) is 2. The number of rotatable bonds is 6. The molecule has 1 aromatic heterocycles. The number of piperidine rings is 1. The van der Waals surface area contributed by atoms with E-state index in [-0.39, 0.29) is 0 Å². The third-order valence-electron chi connectivity index (χ3n) is 6.23. The normalized spacial score (nSPS) is 20.0. The zero-order valence-electron chi connectivity index (χ0n) is 16.5. The van der Waals surface area contributed by atoms with Crippen LogP contribution < -0.4 is 4.74 Å². The van der Waals surface area contributed by atoms with Crippen LogP contribution in [0.2, 0.25) is 0 Å². The lowest BCUT2D eigenvalue weighted by Crippen LogP contribution is -2.30. The van der Waals surface area contributed by atoms with Gasteiger partial charge in [-0.25, -0.2) is 0 Å². The van der Waals surface area contributed by atoms with Gasteiger partial charge in [0.25, 0.3) is 5.88 Å². The van der Waals surface area contributed by atoms with Crippen LogP contribution in [0, 0.1) is 18.8 Å². The van der Waals surface area contributed by atoms with Crippen LogP contribution in [-0.2, 0) is 0 Å². The van der Waals surface area contributed by atoms with E-state index in [1.54, 1.807) is 0 Å². The predicted octanol–water partition coefficient (Wildman–Crippen LogP) is 5.71. The summed E-state index contributed by atoms with van der Waals surface area (Å²) in [4.78, 5) is 2.51. The zero-order valence-corrected chi connectivity index (χ0v) is 16.5. The molecular formula is C23H32N2O2. The third kappa shape index (κ3) is 4.85. The Balaban J connectivity index is 1.19. The van der Waals surface area contributed by atoms with Gasteiger partial charge in [0, 0.05) is 13.1 Å². The third-order valence-corrected chi connectivity index (χ3v) is 6.23. The Bertz CT molecular complexity index is 753. The van der Waals surface area contributed by atoms with E-state index in [1.807, 2.05) is 12.1 Å². The van der Waals surface area contributed by atoms with Crippen LogP contribution in [0.25, 0.3) is 11.0 Å². The van der Waals surface area contributed by atoms with E-state index in [9.17, 15) is 0 Å². The lowest BCUT2D eigenvalue weighted by atomic mass is 9.89. The number of aryl methyl sites for hydroxylation is 1. The Morgan fingerprint density at radius 3 is 2.78 bits per heavy atom. The van der Waals surface area contributed by atoms with Crippen molar-refractivity contribution in [3.8, 4) is 5.88 Å². The van der Waals surface area contributed by atoms with Gasteiger partial charge < -0.3 is 14.2 Å². The molecule has 1 aliphatic heterocycles. The molecule has 4 nitrogen and oxygen atoms in total. The largest absolute Gasteiger partial charge is 0.475 e. The lowest BCUT2D eigenvalue weighted by molar-refractivity contribution is 0.196. The first-order valence-corrected chi connectivity index (χ1v) is 10.7. The van der Waals surface area contributed by atoms with Gasteiger partial charge in [-0.3, -0.25) is 0 Å². The van der Waals surface area contributed by atoms with Crippen molar-refractivity contribution in [3.63, 3.8) is 0 Å². The Morgan fingerprint density at radius 1 is 1.15 bits per heavy atom. The van der Waals surface area contributed by atoms with Gasteiger partial charge in [0.05, 0.1) is 12.0 Å². The summed E-state index contributed by atoms with van der Waals surface area (Å²) in [5, 5.41) is 5.07. The summed E-state index contributed by atoms with van der Waals surface area (Å²) in [6, 6.07) is 6.08. The Labute approximate surface area is 162 Å². The molecule has 2 fully saturated rings. The number of allylic oxidation sites excluding steroid dienone is 1. The maximum absolute atomic E-state index is 5.94. The van der Waals surface area contributed by atoms with E-state index in [0.29, 0.717) is 5.88 Å². The van der Waals surface area contributed by atoms with Crippen molar-refractivity contribution in [1.29, 1.82) is 0 Å². The molecule has 2 aliphatic rings. The molecule has 0 atom stereocenters. The first-order valence-electron chi connectivity index (χ1n) is 10.7. The van der Waals surface area contributed by atoms with Crippen LogP contribution in [0.1, 0.15) is 56.9 Å². The van der Waals surface area contributed by atoms with Gasteiger partial charge in [-0.1, -0.05) is 37.0 Å². The SMILES string of the molecule is Cc1ccc2onc(OCCC3CCN(/C=C/C4CCCCC4)CC3)c2c1. The van der Waals surface area contributed by atoms with E-state index in [4.69, 9.17) is 9.26 Å². The topological polar surface area (TPSA) is 38.5 Å². The Hall–Kier alpha value is -1.97. The minimum atomic E-state index is 0.640. The summed E-state index contributed by atoms with van der Waals surface area (Å²) in [6.45, 7) is 5.16. The van der Waals surface area contributed by atoms with Crippen molar-refractivity contribution in [2.45, 2.75) is 58.3 Å². The lowest BCUT2D eigenvalue weighted by Gasteiger charge is -2.31. The fourth-order valence-electron chi connectivity index (χ4n) is 4.42. The molecule has 0 spiro atoms. The first-order chi connectivity index (χ1) is 13.3. The highest BCUT2D eigenvalue weighted by molar-refractivity contribution is 5.82. The molecule has 27 heavy (non-hydrogen) atoms. The highest BCUT2D eigenvalue weighted by Crippen LogP contribution is 2.28. The van der Waals surface area contributed by atoms with Crippen molar-refractivity contribution in [2.24, 2.45) is 11.8 Å². The Morgan fingerprint density at radius 2 is 1.96 bits per heavy atom. The second kappa shape index (κ2) is 8.81. The summed E-state index contributed by atoms with van der Waals surface area (Å²) in [7, 11) is 0. The molecule has 1 saturated heterocycles. The summed E-state index contributed by atoms with van der Waals surface area (Å²) < 4.78 is 11.3. The fraction of sp³-hybridized carbons (Fsp3) is 0.609. The molecule has 0 amide bonds. The van der Waals surface area contributed by atoms with Gasteiger partial charge in [-0.2, -0.15) is 0 Å². The van der Waals surface area contributed by atoms with Gasteiger partial charge in [-0.05, 0) is 74.4 Å². The average Bonchev–Trinajstić information content (AvgIpc) is 3.10. The highest BCUT2D eigenvalue weighted by atomic mass is 16.5. The zero-order chi connectivity index (χ0) is 18.5. The van der Waals surface area contributed by atoms with Crippen LogP contribution in [-0.4, -0.2) is 29.8 Å². The van der Waals surface area contributed by atoms with E-state index < -0.39 is 0 Å². The molecule has 4 rings (SSSR count). The Kier molecular flexibility index (Phi) is 6.00. The summed E-state index contributed by atoms with van der Waals surface area (Å²) in [6.07, 6.45) is 15.5. The molecule has 4 heteroatoms. The van der Waals surface area contributed by atoms with Gasteiger partial charge in [0.15, 0.2) is 5.58 Å². The summed E-state index contributed by atoms with van der Waals surface area (Å²) in [5.41, 5.74) is 2.00. The average molecular weight is 369 g/mol.